The van der Waals surface area contributed by atoms with Gasteiger partial charge in [0.05, 0.1) is 6.04 Å². The van der Waals surface area contributed by atoms with Gasteiger partial charge in [0, 0.05) is 31.4 Å². The van der Waals surface area contributed by atoms with E-state index >= 15 is 0 Å². The van der Waals surface area contributed by atoms with Crippen LogP contribution in [-0.2, 0) is 0 Å². The molecule has 2 heterocycles. The smallest absolute Gasteiger partial charge is 0.0670 e. The lowest BCUT2D eigenvalue weighted by molar-refractivity contribution is 0.125. The fourth-order valence-corrected chi connectivity index (χ4v) is 3.83. The Bertz CT molecular complexity index is 582. The van der Waals surface area contributed by atoms with Gasteiger partial charge in [-0.2, -0.15) is 0 Å². The second-order valence-corrected chi connectivity index (χ2v) is 7.12. The highest BCUT2D eigenvalue weighted by molar-refractivity contribution is 14.2. The first-order chi connectivity index (χ1) is 9.84. The highest BCUT2D eigenvalue weighted by Gasteiger charge is 2.27. The van der Waals surface area contributed by atoms with Crippen LogP contribution in [0.1, 0.15) is 11.6 Å². The van der Waals surface area contributed by atoms with Crippen LogP contribution in [0.5, 0.6) is 0 Å². The molecule has 1 atom stereocenters. The molecular formula is C17H19IN2. The van der Waals surface area contributed by atoms with E-state index < -0.39 is 0 Å². The Balaban J connectivity index is 1.93. The highest BCUT2D eigenvalue weighted by Crippen LogP contribution is 2.29. The fraction of sp³-hybridized carbons (Fsp3) is 0.294. The van der Waals surface area contributed by atoms with Gasteiger partial charge in [-0.15, -0.1) is 0 Å². The third-order valence-corrected chi connectivity index (χ3v) is 5.21. The van der Waals surface area contributed by atoms with Gasteiger partial charge in [0.2, 0.25) is 0 Å². The van der Waals surface area contributed by atoms with Gasteiger partial charge in [-0.05, 0) is 43.5 Å². The minimum absolute atomic E-state index is 0.0166. The van der Waals surface area contributed by atoms with Crippen molar-refractivity contribution in [3.8, 4) is 0 Å². The number of rotatable bonds is 2. The van der Waals surface area contributed by atoms with E-state index in [9.17, 15) is 0 Å². The molecule has 0 N–H and O–H groups in total. The minimum atomic E-state index is -0.0166. The summed E-state index contributed by atoms with van der Waals surface area (Å²) in [5.74, 6) is 0. The Morgan fingerprint density at radius 1 is 1.20 bits per heavy atom. The molecule has 1 aromatic carbocycles. The summed E-state index contributed by atoms with van der Waals surface area (Å²) in [5.41, 5.74) is 2.71. The summed E-state index contributed by atoms with van der Waals surface area (Å²) in [7, 11) is 2.21. The lowest BCUT2D eigenvalue weighted by Crippen LogP contribution is -2.45. The van der Waals surface area contributed by atoms with Crippen LogP contribution in [0.2, 0.25) is 0 Å². The predicted octanol–water partition coefficient (Wildman–Crippen LogP) is 3.31. The number of likely N-dealkylation sites (N-methyl/N-ethyl adjacent to an activating group) is 1. The van der Waals surface area contributed by atoms with Crippen molar-refractivity contribution < 1.29 is 0 Å². The maximum absolute atomic E-state index is 3.45. The number of benzene rings is 1. The molecule has 0 bridgehead atoms. The van der Waals surface area contributed by atoms with E-state index in [-0.39, 0.29) is 20.7 Å². The zero-order chi connectivity index (χ0) is 13.8. The zero-order valence-corrected chi connectivity index (χ0v) is 13.8. The van der Waals surface area contributed by atoms with Crippen LogP contribution in [0.4, 0.5) is 0 Å². The number of nitrogens with zero attached hydrogens (tertiary/aromatic N) is 2. The van der Waals surface area contributed by atoms with E-state index in [1.807, 2.05) is 0 Å². The Hall–Kier alpha value is -1.16. The van der Waals surface area contributed by atoms with E-state index in [4.69, 9.17) is 0 Å². The van der Waals surface area contributed by atoms with Crippen LogP contribution in [0.25, 0.3) is 0 Å². The monoisotopic (exact) mass is 378 g/mol. The quantitative estimate of drug-likeness (QED) is 0.729. The summed E-state index contributed by atoms with van der Waals surface area (Å²) in [5, 5.41) is 0. The molecule has 1 unspecified atom stereocenters. The van der Waals surface area contributed by atoms with Crippen molar-refractivity contribution in [2.75, 3.05) is 26.7 Å². The Kier molecular flexibility index (Phi) is 4.51. The number of hydrogen-bond acceptors (Lipinski definition) is 2. The molecule has 0 amide bonds. The van der Waals surface area contributed by atoms with Crippen molar-refractivity contribution in [1.82, 2.24) is 9.80 Å². The molecule has 3 rings (SSSR count). The van der Waals surface area contributed by atoms with Gasteiger partial charge in [0.15, 0.2) is 0 Å². The second kappa shape index (κ2) is 6.53. The molecular weight excluding hydrogens is 359 g/mol. The maximum Gasteiger partial charge on any atom is 0.0670 e. The van der Waals surface area contributed by atoms with E-state index in [0.717, 1.165) is 19.6 Å². The SMILES string of the molecule is CN1CCN(C2=CC=CI=C=C2)C(c2ccccc2)C1. The Morgan fingerprint density at radius 2 is 2.05 bits per heavy atom. The number of piperazine rings is 1. The van der Waals surface area contributed by atoms with E-state index in [0.29, 0.717) is 6.04 Å². The van der Waals surface area contributed by atoms with Crippen LogP contribution in [-0.4, -0.2) is 40.1 Å². The number of allylic oxidation sites excluding steroid dienone is 3. The number of hydrogen-bond donors (Lipinski definition) is 0. The van der Waals surface area contributed by atoms with Crippen LogP contribution in [0, 0.1) is 0 Å². The predicted molar refractivity (Wildman–Crippen MR) is 94.2 cm³/mol. The lowest BCUT2D eigenvalue weighted by atomic mass is 10.0. The zero-order valence-electron chi connectivity index (χ0n) is 11.7. The second-order valence-electron chi connectivity index (χ2n) is 5.15. The summed E-state index contributed by atoms with van der Waals surface area (Å²) in [6, 6.07) is 11.3. The van der Waals surface area contributed by atoms with Crippen molar-refractivity contribution >= 4 is 24.4 Å². The average molecular weight is 378 g/mol. The van der Waals surface area contributed by atoms with Gasteiger partial charge in [0.25, 0.3) is 0 Å². The Morgan fingerprint density at radius 3 is 2.90 bits per heavy atom. The summed E-state index contributed by atoms with van der Waals surface area (Å²) < 4.78 is 5.71. The number of halogens is 1. The molecule has 1 aromatic rings. The van der Waals surface area contributed by atoms with Crippen molar-refractivity contribution in [3.63, 3.8) is 0 Å². The van der Waals surface area contributed by atoms with E-state index in [1.54, 1.807) is 0 Å². The molecule has 0 aliphatic carbocycles. The van der Waals surface area contributed by atoms with Crippen LogP contribution in [0.3, 0.4) is 0 Å². The molecule has 2 aliphatic heterocycles. The van der Waals surface area contributed by atoms with Crippen LogP contribution >= 0.6 is 20.7 Å². The third-order valence-electron chi connectivity index (χ3n) is 3.77. The summed E-state index contributed by atoms with van der Waals surface area (Å²) in [6.45, 7) is 3.27. The Labute approximate surface area is 130 Å². The van der Waals surface area contributed by atoms with Gasteiger partial charge < -0.3 is 9.80 Å². The first-order valence-corrected chi connectivity index (χ1v) is 9.25. The van der Waals surface area contributed by atoms with Gasteiger partial charge in [0.1, 0.15) is 0 Å². The van der Waals surface area contributed by atoms with Gasteiger partial charge in [-0.1, -0.05) is 40.1 Å². The third kappa shape index (κ3) is 3.11. The topological polar surface area (TPSA) is 6.48 Å². The van der Waals surface area contributed by atoms with Crippen LogP contribution < -0.4 is 0 Å². The van der Waals surface area contributed by atoms with Crippen molar-refractivity contribution in [3.05, 3.63) is 63.9 Å². The van der Waals surface area contributed by atoms with Crippen molar-refractivity contribution in [1.29, 1.82) is 0 Å². The van der Waals surface area contributed by atoms with Gasteiger partial charge in [-0.3, -0.25) is 0 Å². The molecule has 20 heavy (non-hydrogen) atoms. The molecule has 1 fully saturated rings. The molecule has 0 saturated carbocycles. The molecule has 104 valence electrons. The summed E-state index contributed by atoms with van der Waals surface area (Å²) in [4.78, 5) is 4.95. The normalized spacial score (nSPS) is 23.1. The lowest BCUT2D eigenvalue weighted by Gasteiger charge is -2.42. The average Bonchev–Trinajstić information content (AvgIpc) is 2.77. The highest BCUT2D eigenvalue weighted by atomic mass is 127. The molecule has 0 radical (unpaired) electrons. The maximum atomic E-state index is 3.45. The largest absolute Gasteiger partial charge is 0.361 e. The molecule has 0 aromatic heterocycles. The van der Waals surface area contributed by atoms with Crippen molar-refractivity contribution in [2.45, 2.75) is 6.04 Å². The van der Waals surface area contributed by atoms with Crippen molar-refractivity contribution in [2.24, 2.45) is 0 Å². The molecule has 3 heteroatoms. The molecule has 2 aliphatic rings. The van der Waals surface area contributed by atoms with Crippen LogP contribution in [0.15, 0.2) is 58.3 Å². The first-order valence-electron chi connectivity index (χ1n) is 6.93. The molecule has 2 nitrogen and oxygen atoms in total. The van der Waals surface area contributed by atoms with E-state index in [2.05, 4.69) is 73.2 Å². The summed E-state index contributed by atoms with van der Waals surface area (Å²) >= 11 is -0.0166. The van der Waals surface area contributed by atoms with Gasteiger partial charge >= 0.3 is 0 Å². The van der Waals surface area contributed by atoms with Gasteiger partial charge in [-0.25, -0.2) is 0 Å². The minimum Gasteiger partial charge on any atom is -0.361 e. The fourth-order valence-electron chi connectivity index (χ4n) is 2.71. The summed E-state index contributed by atoms with van der Waals surface area (Å²) in [6.07, 6.45) is 6.62. The van der Waals surface area contributed by atoms with E-state index in [1.165, 1.54) is 11.3 Å². The first kappa shape index (κ1) is 13.8. The molecule has 0 spiro atoms. The standard InChI is InChI=1S/C17H19IN2/c1-19-12-13-20(16-8-5-10-18-11-9-16)17(14-19)15-6-3-2-4-7-15/h2-10,17H,12-14H2,1H3. The molecule has 1 saturated heterocycles.